The van der Waals surface area contributed by atoms with Crippen LogP contribution in [0.1, 0.15) is 31.4 Å². The Hall–Kier alpha value is -1.63. The second kappa shape index (κ2) is 9.17. The Labute approximate surface area is 163 Å². The summed E-state index contributed by atoms with van der Waals surface area (Å²) in [6.45, 7) is 10.2. The molecule has 134 valence electrons. The lowest BCUT2D eigenvalue weighted by Crippen LogP contribution is -2.21. The minimum Gasteiger partial charge on any atom is -0.457 e. The number of aryl methyl sites for hydroxylation is 2. The molecule has 0 aliphatic heterocycles. The maximum absolute atomic E-state index is 13.7. The SMILES string of the molecule is CCCN(/C=N/c1cc(C)c(Oc2ccc(I)c(F)c2)cc1C)CC. The molecule has 0 unspecified atom stereocenters. The van der Waals surface area contributed by atoms with Gasteiger partial charge >= 0.3 is 0 Å². The van der Waals surface area contributed by atoms with Crippen molar-refractivity contribution in [2.75, 3.05) is 13.1 Å². The lowest BCUT2D eigenvalue weighted by molar-refractivity contribution is 0.452. The Balaban J connectivity index is 2.21. The maximum atomic E-state index is 13.7. The second-order valence-corrected chi connectivity index (χ2v) is 7.12. The summed E-state index contributed by atoms with van der Waals surface area (Å²) in [5.41, 5.74) is 2.92. The van der Waals surface area contributed by atoms with Crippen molar-refractivity contribution in [1.29, 1.82) is 0 Å². The summed E-state index contributed by atoms with van der Waals surface area (Å²) in [5.74, 6) is 0.944. The van der Waals surface area contributed by atoms with Crippen molar-refractivity contribution in [3.05, 3.63) is 50.8 Å². The highest BCUT2D eigenvalue weighted by Gasteiger charge is 2.08. The van der Waals surface area contributed by atoms with Crippen LogP contribution in [0.15, 0.2) is 35.3 Å². The monoisotopic (exact) mass is 454 g/mol. The third-order valence-corrected chi connectivity index (χ3v) is 4.76. The summed E-state index contributed by atoms with van der Waals surface area (Å²) in [7, 11) is 0. The number of benzene rings is 2. The van der Waals surface area contributed by atoms with Crippen molar-refractivity contribution < 1.29 is 9.13 Å². The topological polar surface area (TPSA) is 24.8 Å². The smallest absolute Gasteiger partial charge is 0.140 e. The molecule has 0 amide bonds. The van der Waals surface area contributed by atoms with Crippen LogP contribution in [0.4, 0.5) is 10.1 Å². The molecule has 0 aliphatic rings. The Bertz CT molecular complexity index is 762. The zero-order valence-corrected chi connectivity index (χ0v) is 17.3. The van der Waals surface area contributed by atoms with Crippen LogP contribution in [-0.2, 0) is 0 Å². The summed E-state index contributed by atoms with van der Waals surface area (Å²) >= 11 is 1.96. The molecular formula is C20H24FIN2O. The van der Waals surface area contributed by atoms with Gasteiger partial charge in [0, 0.05) is 22.7 Å². The molecule has 2 aromatic rings. The van der Waals surface area contributed by atoms with Crippen molar-refractivity contribution in [3.63, 3.8) is 0 Å². The predicted octanol–water partition coefficient (Wildman–Crippen LogP) is 6.23. The summed E-state index contributed by atoms with van der Waals surface area (Å²) in [6.07, 6.45) is 3.00. The van der Waals surface area contributed by atoms with Crippen molar-refractivity contribution >= 4 is 34.6 Å². The van der Waals surface area contributed by atoms with Crippen molar-refractivity contribution in [3.8, 4) is 11.5 Å². The average molecular weight is 454 g/mol. The van der Waals surface area contributed by atoms with Gasteiger partial charge in [0.2, 0.25) is 0 Å². The quantitative estimate of drug-likeness (QED) is 0.282. The molecule has 0 fully saturated rings. The zero-order chi connectivity index (χ0) is 18.4. The van der Waals surface area contributed by atoms with Gasteiger partial charge in [-0.3, -0.25) is 0 Å². The molecule has 0 heterocycles. The lowest BCUT2D eigenvalue weighted by atomic mass is 10.1. The molecular weight excluding hydrogens is 430 g/mol. The maximum Gasteiger partial charge on any atom is 0.140 e. The van der Waals surface area contributed by atoms with Crippen LogP contribution in [0.3, 0.4) is 0 Å². The van der Waals surface area contributed by atoms with Crippen LogP contribution in [0.25, 0.3) is 0 Å². The first-order valence-electron chi connectivity index (χ1n) is 8.47. The molecule has 0 aromatic heterocycles. The van der Waals surface area contributed by atoms with Crippen LogP contribution in [0.2, 0.25) is 0 Å². The lowest BCUT2D eigenvalue weighted by Gasteiger charge is -2.16. The number of nitrogens with zero attached hydrogens (tertiary/aromatic N) is 2. The molecule has 0 bridgehead atoms. The van der Waals surface area contributed by atoms with Gasteiger partial charge in [0.25, 0.3) is 0 Å². The van der Waals surface area contributed by atoms with Crippen LogP contribution in [-0.4, -0.2) is 24.3 Å². The van der Waals surface area contributed by atoms with E-state index in [1.54, 1.807) is 12.1 Å². The molecule has 2 aromatic carbocycles. The Morgan fingerprint density at radius 1 is 1.16 bits per heavy atom. The molecule has 0 N–H and O–H groups in total. The zero-order valence-electron chi connectivity index (χ0n) is 15.1. The van der Waals surface area contributed by atoms with Crippen LogP contribution >= 0.6 is 22.6 Å². The third kappa shape index (κ3) is 5.42. The third-order valence-electron chi connectivity index (χ3n) is 3.89. The number of hydrogen-bond acceptors (Lipinski definition) is 2. The molecule has 5 heteroatoms. The van der Waals surface area contributed by atoms with Gasteiger partial charge in [-0.1, -0.05) is 6.92 Å². The fourth-order valence-corrected chi connectivity index (χ4v) is 2.75. The molecule has 0 radical (unpaired) electrons. The Kier molecular flexibility index (Phi) is 7.23. The van der Waals surface area contributed by atoms with Gasteiger partial charge in [-0.15, -0.1) is 0 Å². The van der Waals surface area contributed by atoms with Gasteiger partial charge in [-0.05, 0) is 85.2 Å². The van der Waals surface area contributed by atoms with E-state index in [-0.39, 0.29) is 5.82 Å². The fourth-order valence-electron chi connectivity index (χ4n) is 2.42. The highest BCUT2D eigenvalue weighted by molar-refractivity contribution is 14.1. The minimum absolute atomic E-state index is 0.274. The molecule has 3 nitrogen and oxygen atoms in total. The van der Waals surface area contributed by atoms with E-state index >= 15 is 0 Å². The Morgan fingerprint density at radius 3 is 2.56 bits per heavy atom. The highest BCUT2D eigenvalue weighted by Crippen LogP contribution is 2.32. The first-order valence-corrected chi connectivity index (χ1v) is 9.54. The van der Waals surface area contributed by atoms with Crippen LogP contribution in [0.5, 0.6) is 11.5 Å². The molecule has 25 heavy (non-hydrogen) atoms. The average Bonchev–Trinajstić information content (AvgIpc) is 2.58. The van der Waals surface area contributed by atoms with E-state index in [9.17, 15) is 4.39 Å². The van der Waals surface area contributed by atoms with E-state index < -0.39 is 0 Å². The van der Waals surface area contributed by atoms with Gasteiger partial charge in [0.15, 0.2) is 0 Å². The Morgan fingerprint density at radius 2 is 1.92 bits per heavy atom. The van der Waals surface area contributed by atoms with Crippen molar-refractivity contribution in [1.82, 2.24) is 4.90 Å². The van der Waals surface area contributed by atoms with Gasteiger partial charge in [-0.2, -0.15) is 0 Å². The van der Waals surface area contributed by atoms with E-state index in [4.69, 9.17) is 4.74 Å². The van der Waals surface area contributed by atoms with Gasteiger partial charge in [0.1, 0.15) is 17.3 Å². The van der Waals surface area contributed by atoms with Crippen molar-refractivity contribution in [2.45, 2.75) is 34.1 Å². The molecule has 0 atom stereocenters. The normalized spacial score (nSPS) is 11.1. The molecule has 0 spiro atoms. The standard InChI is InChI=1S/C20H24FIN2O/c1-5-9-24(6-2)13-23-19-10-15(4)20(11-14(19)3)25-16-7-8-18(22)17(21)12-16/h7-8,10-13H,5-6,9H2,1-4H3/b23-13+. The van der Waals surface area contributed by atoms with E-state index in [1.807, 2.05) is 54.9 Å². The van der Waals surface area contributed by atoms with E-state index in [1.165, 1.54) is 6.07 Å². The number of aliphatic imine (C=N–C) groups is 1. The predicted molar refractivity (Wildman–Crippen MR) is 111 cm³/mol. The highest BCUT2D eigenvalue weighted by atomic mass is 127. The second-order valence-electron chi connectivity index (χ2n) is 5.96. The molecule has 0 aliphatic carbocycles. The molecule has 0 saturated carbocycles. The summed E-state index contributed by atoms with van der Waals surface area (Å²) in [6, 6.07) is 8.85. The van der Waals surface area contributed by atoms with Crippen LogP contribution < -0.4 is 4.74 Å². The van der Waals surface area contributed by atoms with E-state index in [0.717, 1.165) is 42.1 Å². The summed E-state index contributed by atoms with van der Waals surface area (Å²) < 4.78 is 20.1. The van der Waals surface area contributed by atoms with E-state index in [2.05, 4.69) is 23.7 Å². The van der Waals surface area contributed by atoms with Crippen LogP contribution in [0, 0.1) is 23.2 Å². The summed E-state index contributed by atoms with van der Waals surface area (Å²) in [5, 5.41) is 0. The minimum atomic E-state index is -0.274. The molecule has 0 saturated heterocycles. The number of rotatable bonds is 7. The number of ether oxygens (including phenoxy) is 1. The largest absolute Gasteiger partial charge is 0.457 e. The fraction of sp³-hybridized carbons (Fsp3) is 0.350. The van der Waals surface area contributed by atoms with Crippen molar-refractivity contribution in [2.24, 2.45) is 4.99 Å². The van der Waals surface area contributed by atoms with Gasteiger partial charge in [-0.25, -0.2) is 9.38 Å². The summed E-state index contributed by atoms with van der Waals surface area (Å²) in [4.78, 5) is 6.80. The van der Waals surface area contributed by atoms with E-state index in [0.29, 0.717) is 9.32 Å². The van der Waals surface area contributed by atoms with Gasteiger partial charge in [0.05, 0.1) is 12.0 Å². The first kappa shape index (κ1) is 19.7. The molecule has 2 rings (SSSR count). The number of halogens is 2. The van der Waals surface area contributed by atoms with Gasteiger partial charge < -0.3 is 9.64 Å². The first-order chi connectivity index (χ1) is 11.9. The number of hydrogen-bond donors (Lipinski definition) is 0.